The van der Waals surface area contributed by atoms with Crippen molar-refractivity contribution in [2.45, 2.75) is 45.0 Å². The van der Waals surface area contributed by atoms with Crippen LogP contribution in [-0.2, 0) is 20.5 Å². The number of carbonyl (C=O) groups is 1. The zero-order valence-corrected chi connectivity index (χ0v) is 23.6. The number of aromatic hydroxyl groups is 1. The Bertz CT molecular complexity index is 1030. The number of phenols is 1. The predicted molar refractivity (Wildman–Crippen MR) is 139 cm³/mol. The van der Waals surface area contributed by atoms with Crippen LogP contribution >= 0.6 is 15.9 Å². The van der Waals surface area contributed by atoms with Gasteiger partial charge in [0.2, 0.25) is 0 Å². The number of ether oxygens (including phenoxy) is 1. The van der Waals surface area contributed by atoms with Crippen LogP contribution in [-0.4, -0.2) is 48.3 Å². The van der Waals surface area contributed by atoms with Crippen LogP contribution in [0.1, 0.15) is 32.4 Å². The van der Waals surface area contributed by atoms with E-state index in [2.05, 4.69) is 42.0 Å². The number of nitrogens with one attached hydrogen (secondary N) is 1. The SMILES string of the molecule is CC[Si](CC)(CC)OC(CNC(=O)COc1ccc(Br)cc1F)c1ccc(O)c(N(C)S(=O)[O-])c1. The summed E-state index contributed by atoms with van der Waals surface area (Å²) in [5.74, 6) is -1.29. The van der Waals surface area contributed by atoms with Gasteiger partial charge in [-0.1, -0.05) is 42.8 Å². The molecular formula is C23H31BrFN2O6SSi-. The normalized spacial score (nSPS) is 13.2. The quantitative estimate of drug-likeness (QED) is 0.257. The third-order valence-corrected chi connectivity index (χ3v) is 11.8. The minimum absolute atomic E-state index is 0.0395. The summed E-state index contributed by atoms with van der Waals surface area (Å²) in [6.45, 7) is 5.93. The summed E-state index contributed by atoms with van der Waals surface area (Å²) >= 11 is 0.587. The number of carbonyl (C=O) groups excluding carboxylic acids is 1. The molecule has 1 amide bonds. The highest BCUT2D eigenvalue weighted by atomic mass is 79.9. The molecule has 0 aliphatic heterocycles. The molecule has 8 nitrogen and oxygen atoms in total. The summed E-state index contributed by atoms with van der Waals surface area (Å²) in [6, 6.07) is 11.5. The van der Waals surface area contributed by atoms with Gasteiger partial charge in [0.25, 0.3) is 5.91 Å². The summed E-state index contributed by atoms with van der Waals surface area (Å²) < 4.78 is 50.2. The van der Waals surface area contributed by atoms with Gasteiger partial charge in [0.05, 0.1) is 11.8 Å². The maximum Gasteiger partial charge on any atom is 0.258 e. The van der Waals surface area contributed by atoms with Gasteiger partial charge in [-0.05, 0) is 54.0 Å². The lowest BCUT2D eigenvalue weighted by Crippen LogP contribution is -2.41. The third-order valence-electron chi connectivity index (χ3n) is 6.00. The Balaban J connectivity index is 2.22. The van der Waals surface area contributed by atoms with Crippen molar-refractivity contribution in [3.8, 4) is 11.5 Å². The van der Waals surface area contributed by atoms with Gasteiger partial charge >= 0.3 is 0 Å². The standard InChI is InChI=1S/C23H32BrFN2O6SSi/c1-5-35(6-2,7-3)33-22(16-8-10-20(28)19(12-16)27(4)34(30)31)14-26-23(29)15-32-21-11-9-17(24)13-18(21)25/h8-13,22,28H,5-7,14-15H2,1-4H3,(H,26,29)(H,30,31)/p-1. The van der Waals surface area contributed by atoms with Crippen LogP contribution < -0.4 is 14.4 Å². The van der Waals surface area contributed by atoms with Crippen molar-refractivity contribution in [3.05, 3.63) is 52.3 Å². The third kappa shape index (κ3) is 8.00. The van der Waals surface area contributed by atoms with Crippen LogP contribution in [0.3, 0.4) is 0 Å². The molecular weight excluding hydrogens is 559 g/mol. The molecule has 2 N–H and O–H groups in total. The van der Waals surface area contributed by atoms with Crippen molar-refractivity contribution in [1.29, 1.82) is 0 Å². The highest BCUT2D eigenvalue weighted by Crippen LogP contribution is 2.34. The summed E-state index contributed by atoms with van der Waals surface area (Å²) in [4.78, 5) is 12.5. The minimum Gasteiger partial charge on any atom is -0.755 e. The van der Waals surface area contributed by atoms with Crippen molar-refractivity contribution >= 4 is 47.1 Å². The maximum atomic E-state index is 14.0. The van der Waals surface area contributed by atoms with Crippen LogP contribution in [0.15, 0.2) is 40.9 Å². The van der Waals surface area contributed by atoms with Crippen molar-refractivity contribution in [2.24, 2.45) is 0 Å². The fourth-order valence-corrected chi connectivity index (χ4v) is 7.06. The smallest absolute Gasteiger partial charge is 0.258 e. The first-order chi connectivity index (χ1) is 16.6. The summed E-state index contributed by atoms with van der Waals surface area (Å²) in [6.07, 6.45) is -0.581. The maximum absolute atomic E-state index is 14.0. The molecule has 0 bridgehead atoms. The average molecular weight is 591 g/mol. The number of benzene rings is 2. The van der Waals surface area contributed by atoms with E-state index in [-0.39, 0.29) is 30.3 Å². The first-order valence-corrected chi connectivity index (χ1v) is 15.6. The van der Waals surface area contributed by atoms with Crippen LogP contribution in [0.4, 0.5) is 10.1 Å². The number of anilines is 1. The van der Waals surface area contributed by atoms with E-state index in [1.807, 2.05) is 0 Å². The molecule has 0 aliphatic carbocycles. The summed E-state index contributed by atoms with van der Waals surface area (Å²) in [5, 5.41) is 12.9. The number of rotatable bonds is 13. The molecule has 0 aromatic heterocycles. The van der Waals surface area contributed by atoms with Crippen LogP contribution in [0.2, 0.25) is 18.1 Å². The molecule has 0 spiro atoms. The Morgan fingerprint density at radius 1 is 1.23 bits per heavy atom. The van der Waals surface area contributed by atoms with E-state index in [1.165, 1.54) is 31.3 Å². The molecule has 35 heavy (non-hydrogen) atoms. The predicted octanol–water partition coefficient (Wildman–Crippen LogP) is 4.78. The van der Waals surface area contributed by atoms with Crippen molar-refractivity contribution in [1.82, 2.24) is 5.32 Å². The first-order valence-electron chi connectivity index (χ1n) is 11.2. The fourth-order valence-electron chi connectivity index (χ4n) is 3.60. The number of amides is 1. The zero-order valence-electron chi connectivity index (χ0n) is 20.2. The Hall–Kier alpha value is -1.99. The van der Waals surface area contributed by atoms with Gasteiger partial charge in [-0.15, -0.1) is 0 Å². The molecule has 12 heteroatoms. The number of halogens is 2. The van der Waals surface area contributed by atoms with Crippen molar-refractivity contribution in [3.63, 3.8) is 0 Å². The highest BCUT2D eigenvalue weighted by molar-refractivity contribution is 9.10. The minimum atomic E-state index is -2.58. The van der Waals surface area contributed by atoms with Crippen LogP contribution in [0.5, 0.6) is 11.5 Å². The fraction of sp³-hybridized carbons (Fsp3) is 0.435. The Labute approximate surface area is 217 Å². The van der Waals surface area contributed by atoms with Gasteiger partial charge in [-0.3, -0.25) is 9.00 Å². The van der Waals surface area contributed by atoms with Crippen molar-refractivity contribution in [2.75, 3.05) is 24.5 Å². The largest absolute Gasteiger partial charge is 0.755 e. The van der Waals surface area contributed by atoms with Gasteiger partial charge in [0.15, 0.2) is 26.5 Å². The van der Waals surface area contributed by atoms with E-state index in [4.69, 9.17) is 9.16 Å². The van der Waals surface area contributed by atoms with Crippen LogP contribution in [0.25, 0.3) is 0 Å². The molecule has 0 fully saturated rings. The molecule has 2 aromatic carbocycles. The topological polar surface area (TPSA) is 111 Å². The summed E-state index contributed by atoms with van der Waals surface area (Å²) in [5.41, 5.74) is 0.712. The Morgan fingerprint density at radius 2 is 1.89 bits per heavy atom. The number of phenolic OH excluding ortho intramolecular Hbond substituents is 1. The second kappa shape index (κ2) is 13.4. The molecule has 0 saturated heterocycles. The summed E-state index contributed by atoms with van der Waals surface area (Å²) in [7, 11) is -0.813. The lowest BCUT2D eigenvalue weighted by Gasteiger charge is -2.34. The molecule has 0 aliphatic rings. The average Bonchev–Trinajstić information content (AvgIpc) is 2.84. The van der Waals surface area contributed by atoms with E-state index in [0.29, 0.717) is 10.0 Å². The van der Waals surface area contributed by atoms with Crippen molar-refractivity contribution < 1.29 is 32.2 Å². The Morgan fingerprint density at radius 3 is 2.46 bits per heavy atom. The van der Waals surface area contributed by atoms with E-state index in [1.54, 1.807) is 12.1 Å². The highest BCUT2D eigenvalue weighted by Gasteiger charge is 2.33. The van der Waals surface area contributed by atoms with Crippen LogP contribution in [0, 0.1) is 5.82 Å². The molecule has 2 unspecified atom stereocenters. The number of hydrogen-bond acceptors (Lipinski definition) is 6. The molecule has 2 aromatic rings. The van der Waals surface area contributed by atoms with Gasteiger partial charge in [0.1, 0.15) is 5.75 Å². The first kappa shape index (κ1) is 29.2. The monoisotopic (exact) mass is 589 g/mol. The second-order valence-corrected chi connectivity index (χ2v) is 14.6. The second-order valence-electron chi connectivity index (χ2n) is 7.98. The molecule has 0 saturated carbocycles. The molecule has 0 heterocycles. The number of nitrogens with zero attached hydrogens (tertiary/aromatic N) is 1. The van der Waals surface area contributed by atoms with Gasteiger partial charge in [-0.25, -0.2) is 4.39 Å². The van der Waals surface area contributed by atoms with E-state index < -0.39 is 37.4 Å². The van der Waals surface area contributed by atoms with Gasteiger partial charge < -0.3 is 28.4 Å². The molecule has 194 valence electrons. The van der Waals surface area contributed by atoms with E-state index in [9.17, 15) is 23.1 Å². The van der Waals surface area contributed by atoms with Gasteiger partial charge in [-0.2, -0.15) is 0 Å². The molecule has 0 radical (unpaired) electrons. The van der Waals surface area contributed by atoms with E-state index in [0.717, 1.165) is 22.4 Å². The molecule has 2 rings (SSSR count). The zero-order chi connectivity index (χ0) is 26.2. The van der Waals surface area contributed by atoms with E-state index >= 15 is 0 Å². The number of hydrogen-bond donors (Lipinski definition) is 2. The Kier molecular flexibility index (Phi) is 11.2. The molecule has 2 atom stereocenters. The van der Waals surface area contributed by atoms with Gasteiger partial charge in [0, 0.05) is 29.3 Å². The lowest BCUT2D eigenvalue weighted by atomic mass is 10.1. The lowest BCUT2D eigenvalue weighted by molar-refractivity contribution is -0.123.